The van der Waals surface area contributed by atoms with Gasteiger partial charge in [0.1, 0.15) is 11.1 Å². The second kappa shape index (κ2) is 6.82. The van der Waals surface area contributed by atoms with Crippen molar-refractivity contribution in [1.29, 1.82) is 0 Å². The summed E-state index contributed by atoms with van der Waals surface area (Å²) in [6.45, 7) is 14.3. The van der Waals surface area contributed by atoms with Gasteiger partial charge in [0, 0.05) is 18.0 Å². The Kier molecular flexibility index (Phi) is 5.96. The van der Waals surface area contributed by atoms with E-state index in [0.717, 1.165) is 17.1 Å². The smallest absolute Gasteiger partial charge is 0.123 e. The van der Waals surface area contributed by atoms with E-state index in [1.165, 1.54) is 4.88 Å². The maximum Gasteiger partial charge on any atom is 0.123 e. The predicted molar refractivity (Wildman–Crippen MR) is 82.4 cm³/mol. The Morgan fingerprint density at radius 1 is 1.32 bits per heavy atom. The summed E-state index contributed by atoms with van der Waals surface area (Å²) in [6, 6.07) is 0. The normalized spacial score (nSPS) is 14.1. The van der Waals surface area contributed by atoms with E-state index in [1.54, 1.807) is 11.3 Å². The number of thiazole rings is 1. The van der Waals surface area contributed by atoms with E-state index in [1.807, 2.05) is 6.92 Å². The molecule has 0 bridgehead atoms. The lowest BCUT2D eigenvalue weighted by Gasteiger charge is -2.28. The molecule has 1 aromatic heterocycles. The van der Waals surface area contributed by atoms with Crippen LogP contribution in [0.3, 0.4) is 0 Å². The van der Waals surface area contributed by atoms with Crippen molar-refractivity contribution < 1.29 is 4.74 Å². The Morgan fingerprint density at radius 3 is 2.37 bits per heavy atom. The lowest BCUT2D eigenvalue weighted by Crippen LogP contribution is -2.21. The molecule has 0 amide bonds. The van der Waals surface area contributed by atoms with Gasteiger partial charge in [0.25, 0.3) is 0 Å². The molecule has 1 heterocycles. The zero-order valence-electron chi connectivity index (χ0n) is 13.1. The first-order chi connectivity index (χ1) is 8.79. The highest BCUT2D eigenvalue weighted by atomic mass is 32.1. The number of ether oxygens (including phenoxy) is 1. The van der Waals surface area contributed by atoms with Crippen LogP contribution in [0.15, 0.2) is 0 Å². The molecule has 4 heteroatoms. The van der Waals surface area contributed by atoms with Crippen LogP contribution in [0.5, 0.6) is 0 Å². The summed E-state index contributed by atoms with van der Waals surface area (Å²) in [7, 11) is 0. The van der Waals surface area contributed by atoms with Crippen LogP contribution in [0.4, 0.5) is 0 Å². The Bertz CT molecular complexity index is 393. The largest absolute Gasteiger partial charge is 0.371 e. The maximum atomic E-state index is 5.92. The van der Waals surface area contributed by atoms with Gasteiger partial charge in [0.05, 0.1) is 5.69 Å². The van der Waals surface area contributed by atoms with Gasteiger partial charge >= 0.3 is 0 Å². The molecule has 1 unspecified atom stereocenters. The molecule has 1 atom stereocenters. The molecule has 0 aliphatic heterocycles. The van der Waals surface area contributed by atoms with Crippen LogP contribution in [0.25, 0.3) is 0 Å². The van der Waals surface area contributed by atoms with Gasteiger partial charge in [-0.05, 0) is 24.7 Å². The molecule has 0 saturated carbocycles. The molecule has 1 aromatic rings. The van der Waals surface area contributed by atoms with E-state index >= 15 is 0 Å². The second-order valence-electron chi connectivity index (χ2n) is 6.43. The third kappa shape index (κ3) is 4.55. The fraction of sp³-hybridized carbons (Fsp3) is 0.800. The van der Waals surface area contributed by atoms with Crippen LogP contribution < -0.4 is 5.73 Å². The van der Waals surface area contributed by atoms with E-state index in [2.05, 4.69) is 34.6 Å². The van der Waals surface area contributed by atoms with Crippen LogP contribution in [0, 0.1) is 11.3 Å². The molecule has 0 fully saturated rings. The summed E-state index contributed by atoms with van der Waals surface area (Å²) in [5.74, 6) is 0.598. The van der Waals surface area contributed by atoms with Gasteiger partial charge in [-0.15, -0.1) is 11.3 Å². The summed E-state index contributed by atoms with van der Waals surface area (Å²) >= 11 is 1.72. The number of aromatic nitrogens is 1. The summed E-state index contributed by atoms with van der Waals surface area (Å²) in [4.78, 5) is 6.03. The molecule has 0 spiro atoms. The van der Waals surface area contributed by atoms with Crippen molar-refractivity contribution >= 4 is 11.3 Å². The molecule has 110 valence electrons. The van der Waals surface area contributed by atoms with E-state index in [4.69, 9.17) is 15.5 Å². The van der Waals surface area contributed by atoms with Crippen LogP contribution in [0.1, 0.15) is 63.2 Å². The number of nitrogens with two attached hydrogens (primary N) is 1. The quantitative estimate of drug-likeness (QED) is 0.861. The van der Waals surface area contributed by atoms with Crippen molar-refractivity contribution in [2.75, 3.05) is 6.61 Å². The molecule has 0 aliphatic rings. The average Bonchev–Trinajstić information content (AvgIpc) is 2.66. The number of hydrogen-bond acceptors (Lipinski definition) is 4. The van der Waals surface area contributed by atoms with Crippen molar-refractivity contribution in [3.05, 3.63) is 15.6 Å². The van der Waals surface area contributed by atoms with E-state index in [9.17, 15) is 0 Å². The van der Waals surface area contributed by atoms with Gasteiger partial charge in [-0.25, -0.2) is 4.98 Å². The minimum atomic E-state index is 0.0497. The van der Waals surface area contributed by atoms with Gasteiger partial charge in [0.15, 0.2) is 0 Å². The summed E-state index contributed by atoms with van der Waals surface area (Å²) in [6.07, 6.45) is 1.04. The Balaban J connectivity index is 3.07. The van der Waals surface area contributed by atoms with Gasteiger partial charge in [0.2, 0.25) is 0 Å². The molecule has 0 aromatic carbocycles. The lowest BCUT2D eigenvalue weighted by molar-refractivity contribution is -0.0134. The molecule has 0 radical (unpaired) electrons. The second-order valence-corrected chi connectivity index (χ2v) is 7.54. The van der Waals surface area contributed by atoms with Crippen LogP contribution in [0.2, 0.25) is 0 Å². The highest BCUT2D eigenvalue weighted by Gasteiger charge is 2.30. The number of hydrogen-bond donors (Lipinski definition) is 1. The third-order valence-electron chi connectivity index (χ3n) is 2.93. The topological polar surface area (TPSA) is 48.1 Å². The minimum absolute atomic E-state index is 0.0497. The summed E-state index contributed by atoms with van der Waals surface area (Å²) in [5.41, 5.74) is 7.06. The molecular weight excluding hydrogens is 256 g/mol. The van der Waals surface area contributed by atoms with Crippen molar-refractivity contribution in [2.45, 2.75) is 60.6 Å². The highest BCUT2D eigenvalue weighted by Crippen LogP contribution is 2.39. The molecule has 2 N–H and O–H groups in total. The van der Waals surface area contributed by atoms with E-state index < -0.39 is 0 Å². The summed E-state index contributed by atoms with van der Waals surface area (Å²) < 4.78 is 5.92. The lowest BCUT2D eigenvalue weighted by atomic mass is 9.89. The molecule has 19 heavy (non-hydrogen) atoms. The monoisotopic (exact) mass is 284 g/mol. The predicted octanol–water partition coefficient (Wildman–Crippen LogP) is 3.92. The Hall–Kier alpha value is -0.450. The van der Waals surface area contributed by atoms with Gasteiger partial charge in [-0.3, -0.25) is 0 Å². The van der Waals surface area contributed by atoms with Crippen molar-refractivity contribution in [2.24, 2.45) is 17.1 Å². The fourth-order valence-electron chi connectivity index (χ4n) is 2.08. The first kappa shape index (κ1) is 16.6. The first-order valence-corrected chi connectivity index (χ1v) is 7.91. The van der Waals surface area contributed by atoms with Gasteiger partial charge < -0.3 is 10.5 Å². The summed E-state index contributed by atoms with van der Waals surface area (Å²) in [5, 5.41) is 1.07. The van der Waals surface area contributed by atoms with Crippen molar-refractivity contribution in [1.82, 2.24) is 4.98 Å². The SMILES string of the molecule is CCOC(c1nc(CC(C)C)c(CN)s1)C(C)(C)C. The fourth-order valence-corrected chi connectivity index (χ4v) is 3.35. The first-order valence-electron chi connectivity index (χ1n) is 7.09. The zero-order valence-corrected chi connectivity index (χ0v) is 13.9. The van der Waals surface area contributed by atoms with E-state index in [0.29, 0.717) is 19.1 Å². The van der Waals surface area contributed by atoms with Crippen LogP contribution >= 0.6 is 11.3 Å². The van der Waals surface area contributed by atoms with Gasteiger partial charge in [-0.2, -0.15) is 0 Å². The molecule has 1 rings (SSSR count). The third-order valence-corrected chi connectivity index (χ3v) is 4.09. The molecule has 3 nitrogen and oxygen atoms in total. The van der Waals surface area contributed by atoms with Crippen molar-refractivity contribution in [3.8, 4) is 0 Å². The van der Waals surface area contributed by atoms with E-state index in [-0.39, 0.29) is 11.5 Å². The highest BCUT2D eigenvalue weighted by molar-refractivity contribution is 7.11. The Morgan fingerprint density at radius 2 is 1.95 bits per heavy atom. The molecule has 0 saturated heterocycles. The standard InChI is InChI=1S/C15H28N2OS/c1-7-18-13(15(4,5)6)14-17-11(8-10(2)3)12(9-16)19-14/h10,13H,7-9,16H2,1-6H3. The zero-order chi connectivity index (χ0) is 14.6. The molecular formula is C15H28N2OS. The van der Waals surface area contributed by atoms with Crippen LogP contribution in [-0.2, 0) is 17.7 Å². The average molecular weight is 284 g/mol. The molecule has 0 aliphatic carbocycles. The Labute approximate surface area is 121 Å². The maximum absolute atomic E-state index is 5.92. The van der Waals surface area contributed by atoms with Crippen molar-refractivity contribution in [3.63, 3.8) is 0 Å². The van der Waals surface area contributed by atoms with Gasteiger partial charge in [-0.1, -0.05) is 34.6 Å². The number of nitrogens with zero attached hydrogens (tertiary/aromatic N) is 1. The number of rotatable bonds is 6. The van der Waals surface area contributed by atoms with Crippen LogP contribution in [-0.4, -0.2) is 11.6 Å². The minimum Gasteiger partial charge on any atom is -0.371 e.